The number of benzene rings is 1. The summed E-state index contributed by atoms with van der Waals surface area (Å²) < 4.78 is 5.15. The van der Waals surface area contributed by atoms with Crippen LogP contribution in [-0.2, 0) is 11.2 Å². The first kappa shape index (κ1) is 14.5. The molecule has 0 amide bonds. The molecular weight excluding hydrogens is 238 g/mol. The standard InChI is InChI=1S/C16H25NO2/c1-19-12-10-17(9-11-18)13-15-7-4-6-14-5-2-3-8-16(14)15/h2-3,5,8,15,18H,4,6-7,9-13H2,1H3. The topological polar surface area (TPSA) is 32.7 Å². The Kier molecular flexibility index (Phi) is 5.83. The van der Waals surface area contributed by atoms with Gasteiger partial charge in [0.2, 0.25) is 0 Å². The average Bonchev–Trinajstić information content (AvgIpc) is 2.45. The van der Waals surface area contributed by atoms with Crippen molar-refractivity contribution < 1.29 is 9.84 Å². The minimum Gasteiger partial charge on any atom is -0.395 e. The van der Waals surface area contributed by atoms with Crippen LogP contribution >= 0.6 is 0 Å². The van der Waals surface area contributed by atoms with E-state index in [-0.39, 0.29) is 6.61 Å². The number of ether oxygens (including phenoxy) is 1. The van der Waals surface area contributed by atoms with Gasteiger partial charge in [0.15, 0.2) is 0 Å². The first-order valence-corrected chi connectivity index (χ1v) is 7.25. The van der Waals surface area contributed by atoms with Crippen LogP contribution in [0.1, 0.15) is 29.9 Å². The number of methoxy groups -OCH3 is 1. The van der Waals surface area contributed by atoms with Crippen LogP contribution in [0.4, 0.5) is 0 Å². The molecule has 0 bridgehead atoms. The molecule has 1 unspecified atom stereocenters. The number of aliphatic hydroxyl groups excluding tert-OH is 1. The molecule has 106 valence electrons. The molecule has 1 aromatic rings. The SMILES string of the molecule is COCCN(CCO)CC1CCCc2ccccc21. The maximum Gasteiger partial charge on any atom is 0.0589 e. The van der Waals surface area contributed by atoms with Gasteiger partial charge in [-0.1, -0.05) is 24.3 Å². The Balaban J connectivity index is 2.01. The number of hydrogen-bond acceptors (Lipinski definition) is 3. The lowest BCUT2D eigenvalue weighted by molar-refractivity contribution is 0.125. The van der Waals surface area contributed by atoms with Crippen molar-refractivity contribution in [3.8, 4) is 0 Å². The van der Waals surface area contributed by atoms with Gasteiger partial charge in [0.25, 0.3) is 0 Å². The van der Waals surface area contributed by atoms with Gasteiger partial charge in [0, 0.05) is 26.7 Å². The van der Waals surface area contributed by atoms with Gasteiger partial charge in [-0.3, -0.25) is 4.90 Å². The van der Waals surface area contributed by atoms with E-state index in [1.54, 1.807) is 7.11 Å². The van der Waals surface area contributed by atoms with Crippen molar-refractivity contribution in [1.29, 1.82) is 0 Å². The fourth-order valence-corrected chi connectivity index (χ4v) is 3.01. The lowest BCUT2D eigenvalue weighted by Crippen LogP contribution is -2.35. The highest BCUT2D eigenvalue weighted by molar-refractivity contribution is 5.32. The lowest BCUT2D eigenvalue weighted by Gasteiger charge is -2.31. The monoisotopic (exact) mass is 263 g/mol. The van der Waals surface area contributed by atoms with E-state index in [1.807, 2.05) is 0 Å². The van der Waals surface area contributed by atoms with E-state index in [9.17, 15) is 5.11 Å². The van der Waals surface area contributed by atoms with Crippen molar-refractivity contribution in [3.05, 3.63) is 35.4 Å². The van der Waals surface area contributed by atoms with Crippen LogP contribution in [-0.4, -0.2) is 50.0 Å². The summed E-state index contributed by atoms with van der Waals surface area (Å²) in [5.74, 6) is 0.605. The van der Waals surface area contributed by atoms with Crippen molar-refractivity contribution >= 4 is 0 Å². The van der Waals surface area contributed by atoms with Gasteiger partial charge in [-0.05, 0) is 36.3 Å². The number of aliphatic hydroxyl groups is 1. The Morgan fingerprint density at radius 1 is 1.32 bits per heavy atom. The predicted octanol–water partition coefficient (Wildman–Crippen LogP) is 2.05. The second kappa shape index (κ2) is 7.63. The smallest absolute Gasteiger partial charge is 0.0589 e. The Labute approximate surface area is 116 Å². The van der Waals surface area contributed by atoms with E-state index >= 15 is 0 Å². The highest BCUT2D eigenvalue weighted by atomic mass is 16.5. The molecule has 1 aliphatic rings. The van der Waals surface area contributed by atoms with Gasteiger partial charge >= 0.3 is 0 Å². The van der Waals surface area contributed by atoms with E-state index in [1.165, 1.54) is 30.4 Å². The summed E-state index contributed by atoms with van der Waals surface area (Å²) in [7, 11) is 1.73. The molecule has 0 fully saturated rings. The zero-order chi connectivity index (χ0) is 13.5. The Morgan fingerprint density at radius 2 is 2.16 bits per heavy atom. The highest BCUT2D eigenvalue weighted by Gasteiger charge is 2.21. The van der Waals surface area contributed by atoms with Gasteiger partial charge < -0.3 is 9.84 Å². The third-order valence-corrected chi connectivity index (χ3v) is 4.00. The number of fused-ring (bicyclic) bond motifs is 1. The van der Waals surface area contributed by atoms with Crippen LogP contribution in [0, 0.1) is 0 Å². The molecular formula is C16H25NO2. The third-order valence-electron chi connectivity index (χ3n) is 4.00. The molecule has 1 aromatic carbocycles. The molecule has 0 heterocycles. The quantitative estimate of drug-likeness (QED) is 0.817. The maximum absolute atomic E-state index is 9.18. The van der Waals surface area contributed by atoms with Gasteiger partial charge in [0.1, 0.15) is 0 Å². The summed E-state index contributed by atoms with van der Waals surface area (Å²) in [5.41, 5.74) is 3.02. The molecule has 0 aliphatic heterocycles. The number of hydrogen-bond donors (Lipinski definition) is 1. The van der Waals surface area contributed by atoms with Crippen molar-refractivity contribution in [3.63, 3.8) is 0 Å². The summed E-state index contributed by atoms with van der Waals surface area (Å²) in [5, 5.41) is 9.18. The highest BCUT2D eigenvalue weighted by Crippen LogP contribution is 2.31. The number of aryl methyl sites for hydroxylation is 1. The van der Waals surface area contributed by atoms with Crippen LogP contribution in [0.2, 0.25) is 0 Å². The molecule has 0 aromatic heterocycles. The summed E-state index contributed by atoms with van der Waals surface area (Å²) in [4.78, 5) is 2.32. The number of nitrogens with zero attached hydrogens (tertiary/aromatic N) is 1. The van der Waals surface area contributed by atoms with Gasteiger partial charge in [-0.15, -0.1) is 0 Å². The largest absolute Gasteiger partial charge is 0.395 e. The molecule has 19 heavy (non-hydrogen) atoms. The zero-order valence-electron chi connectivity index (χ0n) is 11.8. The van der Waals surface area contributed by atoms with E-state index in [0.29, 0.717) is 5.92 Å². The molecule has 1 aliphatic carbocycles. The molecule has 0 radical (unpaired) electrons. The Bertz CT molecular complexity index is 381. The van der Waals surface area contributed by atoms with E-state index in [4.69, 9.17) is 4.74 Å². The van der Waals surface area contributed by atoms with Crippen LogP contribution in [0.3, 0.4) is 0 Å². The van der Waals surface area contributed by atoms with Crippen LogP contribution < -0.4 is 0 Å². The molecule has 1 N–H and O–H groups in total. The van der Waals surface area contributed by atoms with Crippen molar-refractivity contribution in [2.24, 2.45) is 0 Å². The normalized spacial score (nSPS) is 18.6. The van der Waals surface area contributed by atoms with Crippen LogP contribution in [0.25, 0.3) is 0 Å². The molecule has 1 atom stereocenters. The lowest BCUT2D eigenvalue weighted by atomic mass is 9.82. The summed E-state index contributed by atoms with van der Waals surface area (Å²) in [6.45, 7) is 3.62. The molecule has 0 saturated carbocycles. The molecule has 3 heteroatoms. The third kappa shape index (κ3) is 4.03. The summed E-state index contributed by atoms with van der Waals surface area (Å²) >= 11 is 0. The van der Waals surface area contributed by atoms with E-state index in [0.717, 1.165) is 26.2 Å². The second-order valence-corrected chi connectivity index (χ2v) is 5.30. The first-order valence-electron chi connectivity index (χ1n) is 7.25. The maximum atomic E-state index is 9.18. The summed E-state index contributed by atoms with van der Waals surface area (Å²) in [6, 6.07) is 8.81. The fourth-order valence-electron chi connectivity index (χ4n) is 3.01. The zero-order valence-corrected chi connectivity index (χ0v) is 11.8. The molecule has 0 saturated heterocycles. The average molecular weight is 263 g/mol. The second-order valence-electron chi connectivity index (χ2n) is 5.30. The van der Waals surface area contributed by atoms with E-state index < -0.39 is 0 Å². The van der Waals surface area contributed by atoms with Crippen LogP contribution in [0.15, 0.2) is 24.3 Å². The van der Waals surface area contributed by atoms with E-state index in [2.05, 4.69) is 29.2 Å². The minimum absolute atomic E-state index is 0.220. The first-order chi connectivity index (χ1) is 9.35. The number of rotatable bonds is 7. The van der Waals surface area contributed by atoms with Gasteiger partial charge in [-0.25, -0.2) is 0 Å². The molecule has 3 nitrogen and oxygen atoms in total. The van der Waals surface area contributed by atoms with Crippen LogP contribution in [0.5, 0.6) is 0 Å². The van der Waals surface area contributed by atoms with Gasteiger partial charge in [0.05, 0.1) is 13.2 Å². The van der Waals surface area contributed by atoms with Crippen molar-refractivity contribution in [2.45, 2.75) is 25.2 Å². The minimum atomic E-state index is 0.220. The molecule has 2 rings (SSSR count). The van der Waals surface area contributed by atoms with Crippen molar-refractivity contribution in [2.75, 3.05) is 40.0 Å². The Hall–Kier alpha value is -0.900. The molecule has 0 spiro atoms. The van der Waals surface area contributed by atoms with Gasteiger partial charge in [-0.2, -0.15) is 0 Å². The van der Waals surface area contributed by atoms with Crippen molar-refractivity contribution in [1.82, 2.24) is 4.90 Å². The Morgan fingerprint density at radius 3 is 2.95 bits per heavy atom. The predicted molar refractivity (Wildman–Crippen MR) is 77.5 cm³/mol. The summed E-state index contributed by atoms with van der Waals surface area (Å²) in [6.07, 6.45) is 3.75. The fraction of sp³-hybridized carbons (Fsp3) is 0.625.